The third-order valence-corrected chi connectivity index (χ3v) is 8.96. The minimum absolute atomic E-state index is 0.664. The molecule has 0 aromatic carbocycles. The molecular weight excluding hydrogens is 340 g/mol. The predicted octanol–water partition coefficient (Wildman–Crippen LogP) is 7.24. The number of methoxy groups -OCH3 is 1. The molecule has 158 valence electrons. The molecule has 3 nitrogen and oxygen atoms in total. The Bertz CT molecular complexity index is 270. The van der Waals surface area contributed by atoms with Crippen LogP contribution in [0.5, 0.6) is 0 Å². The van der Waals surface area contributed by atoms with Crippen LogP contribution in [0.2, 0.25) is 12.1 Å². The van der Waals surface area contributed by atoms with Gasteiger partial charge in [-0.2, -0.15) is 0 Å². The molecule has 0 aromatic heterocycles. The van der Waals surface area contributed by atoms with Crippen molar-refractivity contribution in [1.82, 2.24) is 0 Å². The molecule has 0 fully saturated rings. The maximum atomic E-state index is 6.24. The lowest BCUT2D eigenvalue weighted by molar-refractivity contribution is 0.107. The third-order valence-electron chi connectivity index (χ3n) is 5.34. The van der Waals surface area contributed by atoms with E-state index in [1.807, 2.05) is 0 Å². The first kappa shape index (κ1) is 26.1. The van der Waals surface area contributed by atoms with Gasteiger partial charge in [-0.3, -0.25) is 0 Å². The van der Waals surface area contributed by atoms with Crippen molar-refractivity contribution in [2.24, 2.45) is 0 Å². The topological polar surface area (TPSA) is 27.7 Å². The Morgan fingerprint density at radius 1 is 0.500 bits per heavy atom. The summed E-state index contributed by atoms with van der Waals surface area (Å²) in [5.41, 5.74) is 0. The summed E-state index contributed by atoms with van der Waals surface area (Å²) in [6.07, 6.45) is 18.1. The molecule has 0 saturated heterocycles. The second kappa shape index (κ2) is 19.8. The number of unbranched alkanes of at least 4 members (excludes halogenated alkanes) is 12. The van der Waals surface area contributed by atoms with Crippen LogP contribution in [0.1, 0.15) is 104 Å². The zero-order chi connectivity index (χ0) is 19.3. The van der Waals surface area contributed by atoms with Crippen LogP contribution in [0.4, 0.5) is 0 Å². The van der Waals surface area contributed by atoms with Gasteiger partial charge in [0.1, 0.15) is 0 Å². The van der Waals surface area contributed by atoms with Crippen LogP contribution in [-0.4, -0.2) is 35.5 Å². The minimum Gasteiger partial charge on any atom is -0.394 e. The lowest BCUT2D eigenvalue weighted by Crippen LogP contribution is -2.41. The van der Waals surface area contributed by atoms with Crippen LogP contribution in [-0.2, 0) is 13.6 Å². The highest BCUT2D eigenvalue weighted by Gasteiger charge is 2.33. The third kappa shape index (κ3) is 15.2. The zero-order valence-corrected chi connectivity index (χ0v) is 19.5. The van der Waals surface area contributed by atoms with E-state index in [0.717, 1.165) is 18.7 Å². The predicted molar refractivity (Wildman–Crippen MR) is 116 cm³/mol. The van der Waals surface area contributed by atoms with Gasteiger partial charge in [0.2, 0.25) is 0 Å². The molecule has 4 heteroatoms. The highest BCUT2D eigenvalue weighted by atomic mass is 28.4. The lowest BCUT2D eigenvalue weighted by atomic mass is 10.0. The van der Waals surface area contributed by atoms with Crippen molar-refractivity contribution in [2.75, 3.05) is 26.9 Å². The fourth-order valence-electron chi connectivity index (χ4n) is 3.39. The quantitative estimate of drug-likeness (QED) is 0.153. The molecule has 0 aliphatic rings. The summed E-state index contributed by atoms with van der Waals surface area (Å²) in [5.74, 6) is 0. The standard InChI is InChI=1S/C22H48O3Si/c1-5-8-9-10-11-12-13-14-15-16-17-18-19-20-24-26(6-2,7-3)25-22-21-23-4/h5-22H2,1-4H3. The second-order valence-electron chi connectivity index (χ2n) is 7.55. The summed E-state index contributed by atoms with van der Waals surface area (Å²) in [4.78, 5) is 0. The van der Waals surface area contributed by atoms with Crippen LogP contribution in [0, 0.1) is 0 Å². The molecule has 0 saturated carbocycles. The maximum absolute atomic E-state index is 6.24. The number of rotatable bonds is 21. The van der Waals surface area contributed by atoms with E-state index in [4.69, 9.17) is 13.6 Å². The molecule has 0 amide bonds. The molecule has 0 radical (unpaired) electrons. The van der Waals surface area contributed by atoms with Gasteiger partial charge in [-0.25, -0.2) is 0 Å². The van der Waals surface area contributed by atoms with E-state index >= 15 is 0 Å². The molecule has 0 unspecified atom stereocenters. The average molecular weight is 389 g/mol. The molecule has 0 heterocycles. The van der Waals surface area contributed by atoms with Crippen LogP contribution >= 0.6 is 0 Å². The fraction of sp³-hybridized carbons (Fsp3) is 1.00. The highest BCUT2D eigenvalue weighted by molar-refractivity contribution is 6.67. The molecule has 0 aliphatic carbocycles. The van der Waals surface area contributed by atoms with Gasteiger partial charge in [-0.05, 0) is 18.5 Å². The lowest BCUT2D eigenvalue weighted by Gasteiger charge is -2.28. The Morgan fingerprint density at radius 3 is 1.35 bits per heavy atom. The summed E-state index contributed by atoms with van der Waals surface area (Å²) in [7, 11) is -0.242. The van der Waals surface area contributed by atoms with Gasteiger partial charge < -0.3 is 13.6 Å². The van der Waals surface area contributed by atoms with E-state index in [0.29, 0.717) is 13.2 Å². The number of hydrogen-bond acceptors (Lipinski definition) is 3. The smallest absolute Gasteiger partial charge is 0.337 e. The number of hydrogen-bond donors (Lipinski definition) is 0. The van der Waals surface area contributed by atoms with Gasteiger partial charge in [-0.1, -0.05) is 97.8 Å². The van der Waals surface area contributed by atoms with Crippen molar-refractivity contribution in [3.05, 3.63) is 0 Å². The maximum Gasteiger partial charge on any atom is 0.337 e. The Hall–Kier alpha value is 0.0969. The fourth-order valence-corrected chi connectivity index (χ4v) is 5.76. The van der Waals surface area contributed by atoms with Gasteiger partial charge in [-0.15, -0.1) is 0 Å². The molecular formula is C22H48O3Si. The van der Waals surface area contributed by atoms with Gasteiger partial charge in [0.25, 0.3) is 0 Å². The van der Waals surface area contributed by atoms with Crippen molar-refractivity contribution >= 4 is 8.56 Å². The van der Waals surface area contributed by atoms with Gasteiger partial charge >= 0.3 is 8.56 Å². The van der Waals surface area contributed by atoms with Gasteiger partial charge in [0, 0.05) is 13.7 Å². The summed E-state index contributed by atoms with van der Waals surface area (Å²) >= 11 is 0. The van der Waals surface area contributed by atoms with E-state index in [1.54, 1.807) is 7.11 Å². The summed E-state index contributed by atoms with van der Waals surface area (Å²) in [6.45, 7) is 8.89. The first-order valence-corrected chi connectivity index (χ1v) is 13.7. The van der Waals surface area contributed by atoms with Crippen molar-refractivity contribution in [1.29, 1.82) is 0 Å². The van der Waals surface area contributed by atoms with Crippen molar-refractivity contribution < 1.29 is 13.6 Å². The van der Waals surface area contributed by atoms with Crippen molar-refractivity contribution in [3.8, 4) is 0 Å². The summed E-state index contributed by atoms with van der Waals surface area (Å²) in [5, 5.41) is 0. The van der Waals surface area contributed by atoms with E-state index in [1.165, 1.54) is 83.5 Å². The molecule has 0 aliphatic heterocycles. The van der Waals surface area contributed by atoms with Crippen LogP contribution in [0.25, 0.3) is 0 Å². The van der Waals surface area contributed by atoms with E-state index in [-0.39, 0.29) is 0 Å². The Balaban J connectivity index is 3.45. The molecule has 0 spiro atoms. The first-order chi connectivity index (χ1) is 12.7. The van der Waals surface area contributed by atoms with Crippen molar-refractivity contribution in [3.63, 3.8) is 0 Å². The first-order valence-electron chi connectivity index (χ1n) is 11.5. The second-order valence-corrected chi connectivity index (χ2v) is 11.4. The van der Waals surface area contributed by atoms with Crippen LogP contribution in [0.15, 0.2) is 0 Å². The van der Waals surface area contributed by atoms with Crippen LogP contribution in [0.3, 0.4) is 0 Å². The average Bonchev–Trinajstić information content (AvgIpc) is 2.67. The monoisotopic (exact) mass is 388 g/mol. The van der Waals surface area contributed by atoms with Crippen molar-refractivity contribution in [2.45, 2.75) is 116 Å². The normalized spacial score (nSPS) is 12.0. The Labute approximate surface area is 165 Å². The Morgan fingerprint density at radius 2 is 0.923 bits per heavy atom. The summed E-state index contributed by atoms with van der Waals surface area (Å²) in [6, 6.07) is 2.07. The van der Waals surface area contributed by atoms with Gasteiger partial charge in [0.05, 0.1) is 13.2 Å². The van der Waals surface area contributed by atoms with E-state index < -0.39 is 8.56 Å². The SMILES string of the molecule is CCCCCCCCCCCCCCCO[Si](CC)(CC)OCCOC. The minimum atomic E-state index is -1.96. The molecule has 26 heavy (non-hydrogen) atoms. The summed E-state index contributed by atoms with van der Waals surface area (Å²) < 4.78 is 17.4. The zero-order valence-electron chi connectivity index (χ0n) is 18.5. The molecule has 0 atom stereocenters. The molecule has 0 N–H and O–H groups in total. The largest absolute Gasteiger partial charge is 0.394 e. The molecule has 0 bridgehead atoms. The van der Waals surface area contributed by atoms with E-state index in [9.17, 15) is 0 Å². The van der Waals surface area contributed by atoms with Gasteiger partial charge in [0.15, 0.2) is 0 Å². The van der Waals surface area contributed by atoms with E-state index in [2.05, 4.69) is 20.8 Å². The molecule has 0 aromatic rings. The Kier molecular flexibility index (Phi) is 19.9. The van der Waals surface area contributed by atoms with Crippen LogP contribution < -0.4 is 0 Å². The highest BCUT2D eigenvalue weighted by Crippen LogP contribution is 2.19. The molecule has 0 rings (SSSR count). The number of ether oxygens (including phenoxy) is 1.